The van der Waals surface area contributed by atoms with Gasteiger partial charge in [-0.2, -0.15) is 0 Å². The molecule has 6 nitrogen and oxygen atoms in total. The summed E-state index contributed by atoms with van der Waals surface area (Å²) in [6.45, 7) is 1.99. The van der Waals surface area contributed by atoms with E-state index in [0.29, 0.717) is 5.56 Å². The Hall–Kier alpha value is -3.24. The number of aromatic nitrogens is 1. The maximum atomic E-state index is 13.3. The first-order valence-electron chi connectivity index (χ1n) is 12.2. The van der Waals surface area contributed by atoms with Crippen molar-refractivity contribution in [3.05, 3.63) is 101 Å². The summed E-state index contributed by atoms with van der Waals surface area (Å²) in [5, 5.41) is 13.3. The molecule has 4 aromatic rings. The predicted octanol–water partition coefficient (Wildman–Crippen LogP) is 2.06. The van der Waals surface area contributed by atoms with Crippen LogP contribution in [0.15, 0.2) is 79.0 Å². The number of nitrogens with one attached hydrogen (secondary N) is 1. The molecular formula is C30H31LiN2O4S. The molecule has 8 heteroatoms. The zero-order chi connectivity index (χ0) is 26.4. The van der Waals surface area contributed by atoms with Gasteiger partial charge in [-0.15, -0.1) is 0 Å². The minimum Gasteiger partial charge on any atom is -1.00 e. The van der Waals surface area contributed by atoms with Gasteiger partial charge >= 0.3 is 24.8 Å². The van der Waals surface area contributed by atoms with E-state index in [-0.39, 0.29) is 32.5 Å². The molecule has 0 aliphatic rings. The molecule has 4 rings (SSSR count). The molecule has 0 aliphatic heterocycles. The molecule has 1 aromatic heterocycles. The third-order valence-corrected chi connectivity index (χ3v) is 7.22. The number of carbonyl (C=O) groups is 2. The summed E-state index contributed by atoms with van der Waals surface area (Å²) >= 11 is 0. The summed E-state index contributed by atoms with van der Waals surface area (Å²) < 4.78 is 11.5. The predicted molar refractivity (Wildman–Crippen MR) is 149 cm³/mol. The van der Waals surface area contributed by atoms with E-state index < -0.39 is 28.7 Å². The van der Waals surface area contributed by atoms with Crippen molar-refractivity contribution >= 4 is 33.6 Å². The third-order valence-electron chi connectivity index (χ3n) is 6.41. The first-order valence-corrected chi connectivity index (χ1v) is 13.9. The largest absolute Gasteiger partial charge is 1.00 e. The van der Waals surface area contributed by atoms with Crippen molar-refractivity contribution in [1.29, 1.82) is 0 Å². The van der Waals surface area contributed by atoms with Crippen LogP contribution in [0.25, 0.3) is 22.0 Å². The second-order valence-electron chi connectivity index (χ2n) is 9.16. The van der Waals surface area contributed by atoms with Crippen molar-refractivity contribution in [2.24, 2.45) is 0 Å². The number of pyridine rings is 1. The molecule has 2 unspecified atom stereocenters. The molecule has 2 atom stereocenters. The zero-order valence-corrected chi connectivity index (χ0v) is 22.8. The van der Waals surface area contributed by atoms with E-state index in [9.17, 15) is 18.9 Å². The molecule has 0 saturated carbocycles. The Morgan fingerprint density at radius 3 is 2.42 bits per heavy atom. The van der Waals surface area contributed by atoms with Crippen LogP contribution in [-0.4, -0.2) is 44.2 Å². The smallest absolute Gasteiger partial charge is 1.00 e. The minimum absolute atomic E-state index is 0. The van der Waals surface area contributed by atoms with Crippen LogP contribution in [0.5, 0.6) is 0 Å². The van der Waals surface area contributed by atoms with Gasteiger partial charge in [0, 0.05) is 40.0 Å². The second kappa shape index (κ2) is 13.5. The zero-order valence-electron chi connectivity index (χ0n) is 22.9. The number of hydrogen-bond donors (Lipinski definition) is 2. The maximum Gasteiger partial charge on any atom is 1.00 e. The molecule has 0 fully saturated rings. The van der Waals surface area contributed by atoms with Gasteiger partial charge in [-0.25, -0.2) is 4.79 Å². The standard InChI is InChI=1S/C30H30N2O4S.Li.H/c1-20-7-3-5-9-24(20)26-18-21(11-12-22-17-23-8-4-6-10-27(23)31-19-22)13-14-25(26)29(33)32-28(30(34)35)15-16-37(2)36;;/h3-10,13-14,17-19,28H,11-12,15-16H2,1-2H3,(H,32,33)(H,34,35);;/q;+1;-1. The Kier molecular flexibility index (Phi) is 10.4. The Morgan fingerprint density at radius 1 is 0.974 bits per heavy atom. The van der Waals surface area contributed by atoms with E-state index in [2.05, 4.69) is 22.4 Å². The van der Waals surface area contributed by atoms with Crippen molar-refractivity contribution in [2.75, 3.05) is 12.0 Å². The number of hydrogen-bond acceptors (Lipinski definition) is 4. The number of para-hydroxylation sites is 1. The van der Waals surface area contributed by atoms with E-state index in [1.54, 1.807) is 6.07 Å². The monoisotopic (exact) mass is 522 g/mol. The van der Waals surface area contributed by atoms with Gasteiger partial charge in [0.25, 0.3) is 5.91 Å². The normalized spacial score (nSPS) is 12.4. The molecule has 0 radical (unpaired) electrons. The molecule has 38 heavy (non-hydrogen) atoms. The Balaban J connectivity index is 0.00000267. The van der Waals surface area contributed by atoms with E-state index >= 15 is 0 Å². The van der Waals surface area contributed by atoms with Crippen LogP contribution < -0.4 is 24.2 Å². The van der Waals surface area contributed by atoms with Crippen molar-refractivity contribution in [2.45, 2.75) is 32.2 Å². The number of rotatable bonds is 10. The van der Waals surface area contributed by atoms with Crippen molar-refractivity contribution in [1.82, 2.24) is 10.3 Å². The molecule has 0 spiro atoms. The molecule has 1 heterocycles. The first-order chi connectivity index (χ1) is 17.8. The van der Waals surface area contributed by atoms with Crippen LogP contribution in [0.4, 0.5) is 0 Å². The molecule has 0 saturated heterocycles. The summed E-state index contributed by atoms with van der Waals surface area (Å²) in [7, 11) is -1.15. The second-order valence-corrected chi connectivity index (χ2v) is 10.7. The van der Waals surface area contributed by atoms with Gasteiger partial charge < -0.3 is 11.8 Å². The van der Waals surface area contributed by atoms with Gasteiger partial charge in [-0.05, 0) is 72.2 Å². The van der Waals surface area contributed by atoms with E-state index in [1.165, 1.54) is 6.26 Å². The number of carbonyl (C=O) groups excluding carboxylic acids is 1. The first kappa shape index (κ1) is 29.3. The summed E-state index contributed by atoms with van der Waals surface area (Å²) in [6, 6.07) is 22.6. The number of nitrogens with zero attached hydrogens (tertiary/aromatic N) is 1. The van der Waals surface area contributed by atoms with E-state index in [4.69, 9.17) is 0 Å². The molecule has 0 aliphatic carbocycles. The fourth-order valence-corrected chi connectivity index (χ4v) is 4.93. The molecular weight excluding hydrogens is 491 g/mol. The SMILES string of the molecule is Cc1ccccc1-c1cc(CCc2cnc3ccccc3c2)ccc1C(=O)NC(CCS(C)=O)C(=O)O.[H-].[Li+]. The van der Waals surface area contributed by atoms with E-state index in [1.807, 2.05) is 67.7 Å². The van der Waals surface area contributed by atoms with Crippen LogP contribution in [0.2, 0.25) is 0 Å². The van der Waals surface area contributed by atoms with Crippen LogP contribution in [0.3, 0.4) is 0 Å². The van der Waals surface area contributed by atoms with Gasteiger partial charge in [-0.1, -0.05) is 54.6 Å². The van der Waals surface area contributed by atoms with Crippen LogP contribution in [0.1, 0.15) is 34.9 Å². The Morgan fingerprint density at radius 2 is 1.68 bits per heavy atom. The van der Waals surface area contributed by atoms with Gasteiger partial charge in [0.2, 0.25) is 0 Å². The topological polar surface area (TPSA) is 96.4 Å². The number of benzene rings is 3. The minimum atomic E-state index is -1.15. The van der Waals surface area contributed by atoms with Gasteiger partial charge in [0.05, 0.1) is 5.52 Å². The molecule has 192 valence electrons. The van der Waals surface area contributed by atoms with Gasteiger partial charge in [0.1, 0.15) is 6.04 Å². The number of amides is 1. The molecule has 0 bridgehead atoms. The van der Waals surface area contributed by atoms with Crippen LogP contribution in [-0.2, 0) is 28.4 Å². The third kappa shape index (κ3) is 7.41. The summed E-state index contributed by atoms with van der Waals surface area (Å²) in [6.07, 6.45) is 5.08. The summed E-state index contributed by atoms with van der Waals surface area (Å²) in [5.74, 6) is -1.40. The fourth-order valence-electron chi connectivity index (χ4n) is 4.36. The van der Waals surface area contributed by atoms with Crippen molar-refractivity contribution < 1.29 is 39.2 Å². The number of fused-ring (bicyclic) bond motifs is 1. The van der Waals surface area contributed by atoms with Gasteiger partial charge in [0.15, 0.2) is 0 Å². The molecule has 2 N–H and O–H groups in total. The molecule has 1 amide bonds. The van der Waals surface area contributed by atoms with Crippen molar-refractivity contribution in [3.8, 4) is 11.1 Å². The Bertz CT molecular complexity index is 1480. The number of carboxylic acids is 1. The fraction of sp³-hybridized carbons (Fsp3) is 0.233. The van der Waals surface area contributed by atoms with Crippen LogP contribution in [0, 0.1) is 6.92 Å². The number of carboxylic acid groups (broad SMARTS) is 1. The number of aliphatic carboxylic acids is 1. The van der Waals surface area contributed by atoms with Crippen LogP contribution >= 0.6 is 0 Å². The quantitative estimate of drug-likeness (QED) is 0.311. The molecule has 3 aromatic carbocycles. The van der Waals surface area contributed by atoms with Crippen molar-refractivity contribution in [3.63, 3.8) is 0 Å². The van der Waals surface area contributed by atoms with Gasteiger partial charge in [-0.3, -0.25) is 14.0 Å². The summed E-state index contributed by atoms with van der Waals surface area (Å²) in [4.78, 5) is 29.5. The summed E-state index contributed by atoms with van der Waals surface area (Å²) in [5.41, 5.74) is 6.28. The Labute approximate surface area is 239 Å². The number of aryl methyl sites for hydroxylation is 3. The van der Waals surface area contributed by atoms with E-state index in [0.717, 1.165) is 51.6 Å². The average Bonchev–Trinajstić information content (AvgIpc) is 2.89. The maximum absolute atomic E-state index is 13.3. The average molecular weight is 523 g/mol.